The lowest BCUT2D eigenvalue weighted by atomic mass is 10.1. The molecule has 0 aliphatic heterocycles. The predicted octanol–water partition coefficient (Wildman–Crippen LogP) is 4.17. The van der Waals surface area contributed by atoms with Crippen molar-refractivity contribution in [1.29, 1.82) is 0 Å². The smallest absolute Gasteiger partial charge is 0.340 e. The van der Waals surface area contributed by atoms with Crippen LogP contribution in [-0.2, 0) is 6.42 Å². The topological polar surface area (TPSA) is 75.3 Å². The first-order chi connectivity index (χ1) is 9.93. The van der Waals surface area contributed by atoms with Crippen LogP contribution in [0, 0.1) is 5.82 Å². The van der Waals surface area contributed by atoms with Crippen LogP contribution in [0.25, 0.3) is 0 Å². The van der Waals surface area contributed by atoms with Gasteiger partial charge in [0.25, 0.3) is 0 Å². The first kappa shape index (κ1) is 15.3. The van der Waals surface area contributed by atoms with Gasteiger partial charge in [0.1, 0.15) is 11.4 Å². The molecule has 0 aliphatic rings. The number of hydrogen-bond acceptors (Lipinski definition) is 3. The van der Waals surface area contributed by atoms with Crippen molar-refractivity contribution in [3.8, 4) is 0 Å². The molecule has 0 unspecified atom stereocenters. The average molecular weight is 353 g/mol. The van der Waals surface area contributed by atoms with Crippen LogP contribution in [0.4, 0.5) is 21.5 Å². The van der Waals surface area contributed by atoms with Crippen LogP contribution in [0.5, 0.6) is 0 Å². The molecule has 6 heteroatoms. The second-order valence-corrected chi connectivity index (χ2v) is 5.38. The summed E-state index contributed by atoms with van der Waals surface area (Å²) in [5.74, 6) is -2.02. The Hall–Kier alpha value is -2.08. The number of halogens is 2. The van der Waals surface area contributed by atoms with Crippen molar-refractivity contribution < 1.29 is 14.3 Å². The van der Waals surface area contributed by atoms with Crippen LogP contribution in [-0.4, -0.2) is 11.1 Å². The lowest BCUT2D eigenvalue weighted by Gasteiger charge is -2.15. The number of carboxylic acids is 1. The summed E-state index contributed by atoms with van der Waals surface area (Å²) in [5, 5.41) is 12.2. The Morgan fingerprint density at radius 3 is 2.62 bits per heavy atom. The van der Waals surface area contributed by atoms with Gasteiger partial charge in [-0.3, -0.25) is 0 Å². The van der Waals surface area contributed by atoms with Crippen LogP contribution in [0.1, 0.15) is 22.8 Å². The van der Waals surface area contributed by atoms with E-state index in [2.05, 4.69) is 21.2 Å². The number of rotatable bonds is 4. The van der Waals surface area contributed by atoms with Gasteiger partial charge in [-0.25, -0.2) is 9.18 Å². The largest absolute Gasteiger partial charge is 0.478 e. The van der Waals surface area contributed by atoms with E-state index in [9.17, 15) is 14.3 Å². The molecule has 0 saturated carbocycles. The maximum Gasteiger partial charge on any atom is 0.340 e. The summed E-state index contributed by atoms with van der Waals surface area (Å²) in [5.41, 5.74) is 6.92. The fourth-order valence-electron chi connectivity index (χ4n) is 2.05. The maximum absolute atomic E-state index is 13.4. The average Bonchev–Trinajstić information content (AvgIpc) is 2.44. The van der Waals surface area contributed by atoms with Crippen LogP contribution in [0.2, 0.25) is 0 Å². The summed E-state index contributed by atoms with van der Waals surface area (Å²) in [6.07, 6.45) is 0.765. The molecule has 21 heavy (non-hydrogen) atoms. The number of carbonyl (C=O) groups is 1. The molecule has 2 aromatic carbocycles. The van der Waals surface area contributed by atoms with Gasteiger partial charge in [-0.15, -0.1) is 0 Å². The zero-order chi connectivity index (χ0) is 15.6. The number of nitrogens with two attached hydrogens (primary N) is 1. The van der Waals surface area contributed by atoms with E-state index >= 15 is 0 Å². The number of hydrogen-bond donors (Lipinski definition) is 3. The highest BCUT2D eigenvalue weighted by Gasteiger charge is 2.18. The van der Waals surface area contributed by atoms with E-state index in [-0.39, 0.29) is 16.9 Å². The molecule has 2 aromatic rings. The molecule has 0 aliphatic carbocycles. The third-order valence-corrected chi connectivity index (χ3v) is 3.62. The molecule has 0 atom stereocenters. The first-order valence-electron chi connectivity index (χ1n) is 6.30. The highest BCUT2D eigenvalue weighted by Crippen LogP contribution is 2.30. The van der Waals surface area contributed by atoms with Crippen molar-refractivity contribution in [3.05, 3.63) is 51.7 Å². The van der Waals surface area contributed by atoms with Crippen molar-refractivity contribution in [2.45, 2.75) is 13.3 Å². The van der Waals surface area contributed by atoms with Gasteiger partial charge in [-0.2, -0.15) is 0 Å². The molecule has 4 nitrogen and oxygen atoms in total. The van der Waals surface area contributed by atoms with Crippen molar-refractivity contribution in [3.63, 3.8) is 0 Å². The Bertz CT molecular complexity index is 704. The summed E-state index contributed by atoms with van der Waals surface area (Å²) in [6, 6.07) is 8.13. The Morgan fingerprint density at radius 1 is 1.33 bits per heavy atom. The number of carboxylic acid groups (broad SMARTS) is 1. The minimum atomic E-state index is -1.27. The van der Waals surface area contributed by atoms with Gasteiger partial charge in [0.05, 0.1) is 11.4 Å². The zero-order valence-corrected chi connectivity index (χ0v) is 12.9. The highest BCUT2D eigenvalue weighted by atomic mass is 79.9. The lowest BCUT2D eigenvalue weighted by molar-refractivity contribution is 0.0698. The van der Waals surface area contributed by atoms with Crippen molar-refractivity contribution in [1.82, 2.24) is 0 Å². The molecule has 0 aromatic heterocycles. The molecule has 0 spiro atoms. The third-order valence-electron chi connectivity index (χ3n) is 3.12. The zero-order valence-electron chi connectivity index (χ0n) is 11.3. The Kier molecular flexibility index (Phi) is 4.47. The Morgan fingerprint density at radius 2 is 2.00 bits per heavy atom. The van der Waals surface area contributed by atoms with E-state index in [0.29, 0.717) is 0 Å². The number of nitrogen functional groups attached to an aromatic ring is 1. The van der Waals surface area contributed by atoms with Gasteiger partial charge in [-0.05, 0) is 42.3 Å². The fourth-order valence-corrected chi connectivity index (χ4v) is 2.46. The van der Waals surface area contributed by atoms with E-state index in [1.54, 1.807) is 0 Å². The van der Waals surface area contributed by atoms with Crippen molar-refractivity contribution in [2.24, 2.45) is 0 Å². The van der Waals surface area contributed by atoms with Gasteiger partial charge >= 0.3 is 5.97 Å². The minimum Gasteiger partial charge on any atom is -0.478 e. The van der Waals surface area contributed by atoms with Crippen LogP contribution >= 0.6 is 15.9 Å². The highest BCUT2D eigenvalue weighted by molar-refractivity contribution is 9.10. The van der Waals surface area contributed by atoms with Gasteiger partial charge in [0, 0.05) is 10.2 Å². The van der Waals surface area contributed by atoms with Crippen molar-refractivity contribution in [2.75, 3.05) is 11.1 Å². The monoisotopic (exact) mass is 352 g/mol. The van der Waals surface area contributed by atoms with Gasteiger partial charge in [0.15, 0.2) is 0 Å². The standard InChI is InChI=1S/C15H14BrFN2O2/c1-2-8-7-9(16)3-5-11(8)19-12-6-4-10(17)14(18)13(12)15(20)21/h3-7,19H,2,18H2,1H3,(H,20,21). The molecule has 0 radical (unpaired) electrons. The predicted molar refractivity (Wildman–Crippen MR) is 84.6 cm³/mol. The quantitative estimate of drug-likeness (QED) is 0.721. The van der Waals surface area contributed by atoms with Gasteiger partial charge < -0.3 is 16.2 Å². The summed E-state index contributed by atoms with van der Waals surface area (Å²) in [4.78, 5) is 11.3. The fraction of sp³-hybridized carbons (Fsp3) is 0.133. The van der Waals surface area contributed by atoms with Crippen LogP contribution < -0.4 is 11.1 Å². The van der Waals surface area contributed by atoms with E-state index < -0.39 is 11.8 Å². The first-order valence-corrected chi connectivity index (χ1v) is 7.10. The summed E-state index contributed by atoms with van der Waals surface area (Å²) >= 11 is 3.39. The van der Waals surface area contributed by atoms with Crippen molar-refractivity contribution >= 4 is 39.0 Å². The Balaban J connectivity index is 2.50. The Labute approximate surface area is 129 Å². The van der Waals surface area contributed by atoms with E-state index in [0.717, 1.165) is 28.2 Å². The second-order valence-electron chi connectivity index (χ2n) is 4.47. The van der Waals surface area contributed by atoms with E-state index in [1.807, 2.05) is 25.1 Å². The maximum atomic E-state index is 13.4. The lowest BCUT2D eigenvalue weighted by Crippen LogP contribution is -2.09. The second kappa shape index (κ2) is 6.13. The van der Waals surface area contributed by atoms with E-state index in [4.69, 9.17) is 5.73 Å². The van der Waals surface area contributed by atoms with Crippen LogP contribution in [0.3, 0.4) is 0 Å². The molecule has 0 bridgehead atoms. The molecule has 0 amide bonds. The molecule has 0 heterocycles. The number of benzene rings is 2. The minimum absolute atomic E-state index is 0.262. The summed E-state index contributed by atoms with van der Waals surface area (Å²) in [6.45, 7) is 1.99. The van der Waals surface area contributed by atoms with Gasteiger partial charge in [0.2, 0.25) is 0 Å². The summed E-state index contributed by atoms with van der Waals surface area (Å²) in [7, 11) is 0. The van der Waals surface area contributed by atoms with Gasteiger partial charge in [-0.1, -0.05) is 22.9 Å². The molecule has 2 rings (SSSR count). The summed E-state index contributed by atoms with van der Waals surface area (Å²) < 4.78 is 14.4. The number of nitrogens with one attached hydrogen (secondary N) is 1. The molecular weight excluding hydrogens is 339 g/mol. The number of aryl methyl sites for hydroxylation is 1. The molecule has 110 valence electrons. The molecule has 0 fully saturated rings. The van der Waals surface area contributed by atoms with Crippen LogP contribution in [0.15, 0.2) is 34.8 Å². The SMILES string of the molecule is CCc1cc(Br)ccc1Nc1ccc(F)c(N)c1C(=O)O. The number of aromatic carboxylic acids is 1. The normalized spacial score (nSPS) is 10.4. The third kappa shape index (κ3) is 3.16. The van der Waals surface area contributed by atoms with E-state index in [1.165, 1.54) is 6.07 Å². The molecule has 4 N–H and O–H groups in total. The number of anilines is 3. The molecule has 0 saturated heterocycles. The molecular formula is C15H14BrFN2O2.